The third-order valence-corrected chi connectivity index (χ3v) is 5.39. The number of anilines is 2. The molecule has 0 saturated heterocycles. The predicted octanol–water partition coefficient (Wildman–Crippen LogP) is 4.90. The van der Waals surface area contributed by atoms with Gasteiger partial charge in [0.25, 0.3) is 11.8 Å². The van der Waals surface area contributed by atoms with E-state index in [1.807, 2.05) is 44.2 Å². The molecule has 0 unspecified atom stereocenters. The van der Waals surface area contributed by atoms with Gasteiger partial charge in [-0.25, -0.2) is 0 Å². The molecule has 1 aliphatic heterocycles. The lowest BCUT2D eigenvalue weighted by Crippen LogP contribution is -2.38. The van der Waals surface area contributed by atoms with Crippen LogP contribution in [0.2, 0.25) is 5.02 Å². The molecule has 4 rings (SSSR count). The summed E-state index contributed by atoms with van der Waals surface area (Å²) in [6, 6.07) is 18.4. The predicted molar refractivity (Wildman–Crippen MR) is 125 cm³/mol. The highest BCUT2D eigenvalue weighted by Gasteiger charge is 2.26. The number of carbonyl (C=O) groups excluding carboxylic acids is 2. The number of aryl methyl sites for hydroxylation is 2. The summed E-state index contributed by atoms with van der Waals surface area (Å²) in [5.41, 5.74) is 4.12. The number of benzene rings is 3. The van der Waals surface area contributed by atoms with Crippen molar-refractivity contribution >= 4 is 34.8 Å². The Morgan fingerprint density at radius 1 is 1.09 bits per heavy atom. The van der Waals surface area contributed by atoms with E-state index < -0.39 is 0 Å². The van der Waals surface area contributed by atoms with Crippen molar-refractivity contribution < 1.29 is 19.1 Å². The van der Waals surface area contributed by atoms with Crippen LogP contribution in [0.4, 0.5) is 11.4 Å². The van der Waals surface area contributed by atoms with Crippen molar-refractivity contribution in [2.24, 2.45) is 0 Å². The van der Waals surface area contributed by atoms with Crippen LogP contribution in [0, 0.1) is 13.8 Å². The van der Waals surface area contributed by atoms with Crippen molar-refractivity contribution in [3.8, 4) is 11.5 Å². The van der Waals surface area contributed by atoms with E-state index in [2.05, 4.69) is 5.32 Å². The Labute approximate surface area is 191 Å². The quantitative estimate of drug-likeness (QED) is 0.580. The molecule has 0 spiro atoms. The van der Waals surface area contributed by atoms with E-state index in [0.717, 1.165) is 16.7 Å². The number of fused-ring (bicyclic) bond motifs is 1. The fourth-order valence-electron chi connectivity index (χ4n) is 3.43. The first-order chi connectivity index (χ1) is 15.4. The molecule has 0 fully saturated rings. The van der Waals surface area contributed by atoms with Crippen molar-refractivity contribution in [2.45, 2.75) is 20.4 Å². The van der Waals surface area contributed by atoms with Gasteiger partial charge in [0.2, 0.25) is 0 Å². The van der Waals surface area contributed by atoms with Crippen LogP contribution in [0.15, 0.2) is 60.7 Å². The summed E-state index contributed by atoms with van der Waals surface area (Å²) in [4.78, 5) is 26.6. The Kier molecular flexibility index (Phi) is 6.32. The molecule has 1 heterocycles. The van der Waals surface area contributed by atoms with Gasteiger partial charge < -0.3 is 19.7 Å². The molecular formula is C25H23ClN2O4. The molecule has 7 heteroatoms. The molecule has 0 aromatic heterocycles. The number of ether oxygens (including phenoxy) is 2. The van der Waals surface area contributed by atoms with E-state index >= 15 is 0 Å². The fourth-order valence-corrected chi connectivity index (χ4v) is 3.55. The highest BCUT2D eigenvalue weighted by molar-refractivity contribution is 6.30. The van der Waals surface area contributed by atoms with Gasteiger partial charge >= 0.3 is 0 Å². The lowest BCUT2D eigenvalue weighted by Gasteiger charge is -2.30. The number of halogens is 1. The molecule has 1 N–H and O–H groups in total. The van der Waals surface area contributed by atoms with Gasteiger partial charge in [0.05, 0.1) is 12.2 Å². The lowest BCUT2D eigenvalue weighted by molar-refractivity contribution is -0.121. The number of hydrogen-bond acceptors (Lipinski definition) is 4. The summed E-state index contributed by atoms with van der Waals surface area (Å²) in [6.07, 6.45) is 0. The van der Waals surface area contributed by atoms with E-state index in [1.54, 1.807) is 35.2 Å². The smallest absolute Gasteiger partial charge is 0.265 e. The van der Waals surface area contributed by atoms with Gasteiger partial charge in [-0.3, -0.25) is 9.59 Å². The normalized spacial score (nSPS) is 12.7. The summed E-state index contributed by atoms with van der Waals surface area (Å²) in [5.74, 6) is 0.814. The van der Waals surface area contributed by atoms with Crippen LogP contribution in [-0.2, 0) is 16.1 Å². The summed E-state index contributed by atoms with van der Waals surface area (Å²) >= 11 is 5.96. The first-order valence-corrected chi connectivity index (χ1v) is 10.6. The Bertz CT molecular complexity index is 1160. The molecule has 0 radical (unpaired) electrons. The van der Waals surface area contributed by atoms with Crippen molar-refractivity contribution in [1.82, 2.24) is 0 Å². The monoisotopic (exact) mass is 450 g/mol. The van der Waals surface area contributed by atoms with Crippen molar-refractivity contribution in [1.29, 1.82) is 0 Å². The lowest BCUT2D eigenvalue weighted by atomic mass is 10.1. The molecule has 0 aliphatic carbocycles. The second-order valence-corrected chi connectivity index (χ2v) is 8.12. The van der Waals surface area contributed by atoms with Gasteiger partial charge in [-0.05, 0) is 66.9 Å². The Morgan fingerprint density at radius 3 is 2.66 bits per heavy atom. The van der Waals surface area contributed by atoms with E-state index in [0.29, 0.717) is 34.4 Å². The average molecular weight is 451 g/mol. The van der Waals surface area contributed by atoms with Gasteiger partial charge in [0.15, 0.2) is 13.2 Å². The number of nitrogens with one attached hydrogen (secondary N) is 1. The summed E-state index contributed by atoms with van der Waals surface area (Å²) in [6.45, 7) is 4.13. The van der Waals surface area contributed by atoms with Crippen molar-refractivity contribution in [3.05, 3.63) is 82.4 Å². The third kappa shape index (κ3) is 5.03. The first-order valence-electron chi connectivity index (χ1n) is 10.2. The number of amides is 2. The molecule has 3 aromatic rings. The molecule has 0 bridgehead atoms. The minimum atomic E-state index is -0.293. The summed E-state index contributed by atoms with van der Waals surface area (Å²) in [5, 5.41) is 3.46. The van der Waals surface area contributed by atoms with Crippen LogP contribution < -0.4 is 19.7 Å². The highest BCUT2D eigenvalue weighted by atomic mass is 35.5. The number of rotatable bonds is 6. The van der Waals surface area contributed by atoms with Crippen molar-refractivity contribution in [2.75, 3.05) is 23.4 Å². The average Bonchev–Trinajstić information content (AvgIpc) is 2.78. The zero-order chi connectivity index (χ0) is 22.7. The first kappa shape index (κ1) is 21.7. The maximum absolute atomic E-state index is 12.5. The Balaban J connectivity index is 1.47. The van der Waals surface area contributed by atoms with Crippen LogP contribution in [0.25, 0.3) is 0 Å². The molecule has 164 valence electrons. The van der Waals surface area contributed by atoms with Gasteiger partial charge in [-0.15, -0.1) is 0 Å². The Morgan fingerprint density at radius 2 is 1.88 bits per heavy atom. The van der Waals surface area contributed by atoms with Crippen LogP contribution in [0.1, 0.15) is 16.7 Å². The SMILES string of the molecule is Cc1ccc(C)c(OCC(=O)Nc2ccc3c(c2)N(Cc2ccc(Cl)cc2)C(=O)CO3)c1. The molecular weight excluding hydrogens is 428 g/mol. The van der Waals surface area contributed by atoms with E-state index in [-0.39, 0.29) is 25.0 Å². The number of nitrogens with zero attached hydrogens (tertiary/aromatic N) is 1. The third-order valence-electron chi connectivity index (χ3n) is 5.14. The molecule has 0 atom stereocenters. The standard InChI is InChI=1S/C25H23ClN2O4/c1-16-3-4-17(2)23(11-16)31-14-24(29)27-20-9-10-22-21(12-20)28(25(30)15-32-22)13-18-5-7-19(26)8-6-18/h3-12H,13-15H2,1-2H3,(H,27,29). The molecule has 6 nitrogen and oxygen atoms in total. The van der Waals surface area contributed by atoms with Crippen LogP contribution in [0.5, 0.6) is 11.5 Å². The van der Waals surface area contributed by atoms with Crippen molar-refractivity contribution in [3.63, 3.8) is 0 Å². The highest BCUT2D eigenvalue weighted by Crippen LogP contribution is 2.35. The maximum atomic E-state index is 12.5. The molecule has 32 heavy (non-hydrogen) atoms. The maximum Gasteiger partial charge on any atom is 0.265 e. The number of carbonyl (C=O) groups is 2. The van der Waals surface area contributed by atoms with Gasteiger partial charge in [-0.2, -0.15) is 0 Å². The van der Waals surface area contributed by atoms with Gasteiger partial charge in [-0.1, -0.05) is 35.9 Å². The second kappa shape index (κ2) is 9.32. The molecule has 2 amide bonds. The number of hydrogen-bond donors (Lipinski definition) is 1. The fraction of sp³-hybridized carbons (Fsp3) is 0.200. The minimum absolute atomic E-state index is 0.0318. The zero-order valence-corrected chi connectivity index (χ0v) is 18.6. The minimum Gasteiger partial charge on any atom is -0.483 e. The molecule has 0 saturated carbocycles. The summed E-state index contributed by atoms with van der Waals surface area (Å²) < 4.78 is 11.2. The topological polar surface area (TPSA) is 67.9 Å². The molecule has 3 aromatic carbocycles. The second-order valence-electron chi connectivity index (χ2n) is 7.68. The van der Waals surface area contributed by atoms with Gasteiger partial charge in [0, 0.05) is 10.7 Å². The zero-order valence-electron chi connectivity index (χ0n) is 17.9. The van der Waals surface area contributed by atoms with E-state index in [1.165, 1.54) is 0 Å². The summed E-state index contributed by atoms with van der Waals surface area (Å²) in [7, 11) is 0. The Hall–Kier alpha value is -3.51. The largest absolute Gasteiger partial charge is 0.483 e. The van der Waals surface area contributed by atoms with Crippen LogP contribution >= 0.6 is 11.6 Å². The van der Waals surface area contributed by atoms with Crippen LogP contribution in [0.3, 0.4) is 0 Å². The van der Waals surface area contributed by atoms with Gasteiger partial charge in [0.1, 0.15) is 11.5 Å². The molecule has 1 aliphatic rings. The van der Waals surface area contributed by atoms with E-state index in [9.17, 15) is 9.59 Å². The van der Waals surface area contributed by atoms with Crippen LogP contribution in [-0.4, -0.2) is 25.0 Å². The van der Waals surface area contributed by atoms with E-state index in [4.69, 9.17) is 21.1 Å².